The van der Waals surface area contributed by atoms with E-state index in [2.05, 4.69) is 5.32 Å². The molecule has 0 aliphatic heterocycles. The molecule has 2 aromatic rings. The zero-order chi connectivity index (χ0) is 19.3. The van der Waals surface area contributed by atoms with Gasteiger partial charge in [0, 0.05) is 17.7 Å². The topological polar surface area (TPSA) is 72.5 Å². The van der Waals surface area contributed by atoms with Crippen LogP contribution in [0.1, 0.15) is 34.1 Å². The molecule has 1 amide bonds. The molecule has 0 atom stereocenters. The molecule has 0 saturated carbocycles. The minimum absolute atomic E-state index is 0.165. The monoisotopic (exact) mass is 381 g/mol. The SMILES string of the molecule is CCC(=O)Nc1ccc(C(=O)COC(=O)c2cc(F)c(F)cc2Cl)cc1. The molecule has 26 heavy (non-hydrogen) atoms. The number of carbonyl (C=O) groups excluding carboxylic acids is 3. The molecule has 0 fully saturated rings. The summed E-state index contributed by atoms with van der Waals surface area (Å²) in [5.74, 6) is -4.17. The average molecular weight is 382 g/mol. The third-order valence-corrected chi connectivity index (χ3v) is 3.69. The van der Waals surface area contributed by atoms with E-state index in [1.165, 1.54) is 24.3 Å². The summed E-state index contributed by atoms with van der Waals surface area (Å²) in [4.78, 5) is 35.2. The summed E-state index contributed by atoms with van der Waals surface area (Å²) in [5, 5.41) is 2.31. The number of Topliss-reactive ketones (excluding diaryl/α,β-unsaturated/α-hetero) is 1. The second kappa shape index (κ2) is 8.53. The van der Waals surface area contributed by atoms with Crippen molar-refractivity contribution in [2.45, 2.75) is 13.3 Å². The first-order valence-corrected chi connectivity index (χ1v) is 7.94. The summed E-state index contributed by atoms with van der Waals surface area (Å²) in [6.45, 7) is 1.11. The van der Waals surface area contributed by atoms with Crippen LogP contribution in [0.3, 0.4) is 0 Å². The maximum Gasteiger partial charge on any atom is 0.340 e. The molecular weight excluding hydrogens is 368 g/mol. The number of hydrogen-bond donors (Lipinski definition) is 1. The summed E-state index contributed by atoms with van der Waals surface area (Å²) >= 11 is 5.67. The van der Waals surface area contributed by atoms with Gasteiger partial charge < -0.3 is 10.1 Å². The lowest BCUT2D eigenvalue weighted by atomic mass is 10.1. The fraction of sp³-hybridized carbons (Fsp3) is 0.167. The maximum atomic E-state index is 13.2. The van der Waals surface area contributed by atoms with Gasteiger partial charge in [-0.2, -0.15) is 0 Å². The van der Waals surface area contributed by atoms with Crippen molar-refractivity contribution in [2.75, 3.05) is 11.9 Å². The number of carbonyl (C=O) groups is 3. The molecule has 2 rings (SSSR count). The second-order valence-electron chi connectivity index (χ2n) is 5.22. The predicted molar refractivity (Wildman–Crippen MR) is 91.3 cm³/mol. The third kappa shape index (κ3) is 4.86. The lowest BCUT2D eigenvalue weighted by Gasteiger charge is -2.07. The number of benzene rings is 2. The molecule has 0 unspecified atom stereocenters. The van der Waals surface area contributed by atoms with Crippen molar-refractivity contribution >= 4 is 34.9 Å². The van der Waals surface area contributed by atoms with Crippen molar-refractivity contribution in [1.82, 2.24) is 0 Å². The van der Waals surface area contributed by atoms with E-state index in [-0.39, 0.29) is 22.1 Å². The van der Waals surface area contributed by atoms with Gasteiger partial charge in [0.05, 0.1) is 10.6 Å². The Morgan fingerprint density at radius 1 is 1.08 bits per heavy atom. The first-order chi connectivity index (χ1) is 12.3. The third-order valence-electron chi connectivity index (χ3n) is 3.38. The Kier molecular flexibility index (Phi) is 6.41. The molecule has 5 nitrogen and oxygen atoms in total. The van der Waals surface area contributed by atoms with E-state index in [0.29, 0.717) is 24.2 Å². The quantitative estimate of drug-likeness (QED) is 0.466. The van der Waals surface area contributed by atoms with E-state index in [1.807, 2.05) is 0 Å². The smallest absolute Gasteiger partial charge is 0.340 e. The van der Waals surface area contributed by atoms with E-state index in [9.17, 15) is 23.2 Å². The molecule has 2 aromatic carbocycles. The van der Waals surface area contributed by atoms with Crippen LogP contribution in [-0.4, -0.2) is 24.3 Å². The van der Waals surface area contributed by atoms with Crippen LogP contribution in [0.2, 0.25) is 5.02 Å². The molecule has 0 aromatic heterocycles. The highest BCUT2D eigenvalue weighted by atomic mass is 35.5. The van der Waals surface area contributed by atoms with Gasteiger partial charge in [0.1, 0.15) is 0 Å². The minimum Gasteiger partial charge on any atom is -0.454 e. The normalized spacial score (nSPS) is 10.3. The van der Waals surface area contributed by atoms with Crippen LogP contribution in [-0.2, 0) is 9.53 Å². The molecule has 0 aliphatic carbocycles. The molecule has 0 spiro atoms. The molecule has 136 valence electrons. The Balaban J connectivity index is 1.99. The van der Waals surface area contributed by atoms with Gasteiger partial charge in [0.15, 0.2) is 24.0 Å². The minimum atomic E-state index is -1.25. The van der Waals surface area contributed by atoms with Gasteiger partial charge in [-0.05, 0) is 36.4 Å². The Labute approximate surface area is 152 Å². The molecule has 0 radical (unpaired) electrons. The fourth-order valence-corrected chi connectivity index (χ4v) is 2.19. The summed E-state index contributed by atoms with van der Waals surface area (Å²) in [5.41, 5.74) is 0.402. The largest absolute Gasteiger partial charge is 0.454 e. The van der Waals surface area contributed by atoms with Gasteiger partial charge in [0.25, 0.3) is 0 Å². The zero-order valence-electron chi connectivity index (χ0n) is 13.6. The highest BCUT2D eigenvalue weighted by Crippen LogP contribution is 2.21. The Bertz CT molecular complexity index is 853. The standard InChI is InChI=1S/C18H14ClF2NO4/c1-2-17(24)22-11-5-3-10(4-6-11)16(23)9-26-18(25)12-7-14(20)15(21)8-13(12)19/h3-8H,2,9H2,1H3,(H,22,24). The van der Waals surface area contributed by atoms with Crippen molar-refractivity contribution in [3.8, 4) is 0 Å². The van der Waals surface area contributed by atoms with Crippen LogP contribution in [0.4, 0.5) is 14.5 Å². The van der Waals surface area contributed by atoms with Gasteiger partial charge in [-0.1, -0.05) is 18.5 Å². The lowest BCUT2D eigenvalue weighted by Crippen LogP contribution is -2.15. The number of hydrogen-bond acceptors (Lipinski definition) is 4. The molecule has 8 heteroatoms. The Hall–Kier alpha value is -2.80. The number of nitrogens with one attached hydrogen (secondary N) is 1. The summed E-state index contributed by atoms with van der Waals surface area (Å²) < 4.78 is 31.0. The van der Waals surface area contributed by atoms with E-state index < -0.39 is 30.0 Å². The van der Waals surface area contributed by atoms with Crippen LogP contribution in [0, 0.1) is 11.6 Å². The molecule has 0 saturated heterocycles. The number of esters is 1. The molecule has 0 aliphatic rings. The zero-order valence-corrected chi connectivity index (χ0v) is 14.4. The van der Waals surface area contributed by atoms with Gasteiger partial charge in [0.2, 0.25) is 5.91 Å². The predicted octanol–water partition coefficient (Wildman–Crippen LogP) is 4.01. The number of anilines is 1. The number of halogens is 3. The van der Waals surface area contributed by atoms with Crippen molar-refractivity contribution in [3.63, 3.8) is 0 Å². The highest BCUT2D eigenvalue weighted by Gasteiger charge is 2.18. The van der Waals surface area contributed by atoms with E-state index in [4.69, 9.17) is 16.3 Å². The Morgan fingerprint density at radius 2 is 1.69 bits per heavy atom. The van der Waals surface area contributed by atoms with Crippen LogP contribution in [0.5, 0.6) is 0 Å². The molecule has 0 bridgehead atoms. The number of rotatable bonds is 6. The van der Waals surface area contributed by atoms with Crippen molar-refractivity contribution in [2.24, 2.45) is 0 Å². The summed E-state index contributed by atoms with van der Waals surface area (Å²) in [7, 11) is 0. The van der Waals surface area contributed by atoms with Gasteiger partial charge >= 0.3 is 5.97 Å². The van der Waals surface area contributed by atoms with Crippen LogP contribution in [0.25, 0.3) is 0 Å². The van der Waals surface area contributed by atoms with Crippen molar-refractivity contribution in [3.05, 3.63) is 64.2 Å². The summed E-state index contributed by atoms with van der Waals surface area (Å²) in [6.07, 6.45) is 0.323. The van der Waals surface area contributed by atoms with Gasteiger partial charge in [-0.25, -0.2) is 13.6 Å². The molecule has 1 N–H and O–H groups in total. The van der Waals surface area contributed by atoms with E-state index in [0.717, 1.165) is 0 Å². The fourth-order valence-electron chi connectivity index (χ4n) is 1.96. The number of ether oxygens (including phenoxy) is 1. The molecule has 0 heterocycles. The first kappa shape index (κ1) is 19.5. The highest BCUT2D eigenvalue weighted by molar-refractivity contribution is 6.33. The Morgan fingerprint density at radius 3 is 2.31 bits per heavy atom. The van der Waals surface area contributed by atoms with Crippen molar-refractivity contribution in [1.29, 1.82) is 0 Å². The van der Waals surface area contributed by atoms with E-state index >= 15 is 0 Å². The van der Waals surface area contributed by atoms with Crippen molar-refractivity contribution < 1.29 is 27.9 Å². The lowest BCUT2D eigenvalue weighted by molar-refractivity contribution is -0.115. The van der Waals surface area contributed by atoms with E-state index in [1.54, 1.807) is 6.92 Å². The second-order valence-corrected chi connectivity index (χ2v) is 5.63. The number of amides is 1. The van der Waals surface area contributed by atoms with Crippen LogP contribution in [0.15, 0.2) is 36.4 Å². The molecular formula is C18H14ClF2NO4. The maximum absolute atomic E-state index is 13.2. The number of ketones is 1. The first-order valence-electron chi connectivity index (χ1n) is 7.56. The van der Waals surface area contributed by atoms with Gasteiger partial charge in [-0.3, -0.25) is 9.59 Å². The summed E-state index contributed by atoms with van der Waals surface area (Å²) in [6, 6.07) is 7.26. The average Bonchev–Trinajstić information content (AvgIpc) is 2.62. The van der Waals surface area contributed by atoms with Crippen LogP contribution < -0.4 is 5.32 Å². The van der Waals surface area contributed by atoms with Gasteiger partial charge in [-0.15, -0.1) is 0 Å². The van der Waals surface area contributed by atoms with Crippen LogP contribution >= 0.6 is 11.6 Å².